The number of rotatable bonds is 5. The van der Waals surface area contributed by atoms with Crippen molar-refractivity contribution >= 4 is 39.1 Å². The Hall–Kier alpha value is -1.73. The van der Waals surface area contributed by atoms with Crippen LogP contribution in [0.15, 0.2) is 16.6 Å². The fourth-order valence-corrected chi connectivity index (χ4v) is 3.07. The number of carbonyl (C=O) groups excluding carboxylic acids is 1. The van der Waals surface area contributed by atoms with E-state index < -0.39 is 0 Å². The van der Waals surface area contributed by atoms with Crippen molar-refractivity contribution in [3.63, 3.8) is 0 Å². The van der Waals surface area contributed by atoms with Crippen LogP contribution < -0.4 is 14.8 Å². The number of H-pyrrole nitrogens is 1. The summed E-state index contributed by atoms with van der Waals surface area (Å²) in [5, 5.41) is 10.0. The first-order chi connectivity index (χ1) is 10.9. The summed E-state index contributed by atoms with van der Waals surface area (Å²) in [4.78, 5) is 12.5. The maximum Gasteiger partial charge on any atom is 0.277 e. The zero-order valence-corrected chi connectivity index (χ0v) is 15.5. The van der Waals surface area contributed by atoms with Gasteiger partial charge < -0.3 is 14.8 Å². The monoisotopic (exact) mass is 401 g/mol. The number of methoxy groups -OCH3 is 2. The van der Waals surface area contributed by atoms with Gasteiger partial charge in [-0.1, -0.05) is 25.4 Å². The van der Waals surface area contributed by atoms with Gasteiger partial charge in [0.15, 0.2) is 5.69 Å². The van der Waals surface area contributed by atoms with Gasteiger partial charge in [-0.25, -0.2) is 0 Å². The molecular weight excluding hydrogens is 386 g/mol. The summed E-state index contributed by atoms with van der Waals surface area (Å²) in [5.41, 5.74) is 1.56. The highest BCUT2D eigenvalue weighted by Crippen LogP contribution is 2.36. The fraction of sp³-hybridized carbons (Fsp3) is 0.333. The summed E-state index contributed by atoms with van der Waals surface area (Å²) in [6.45, 7) is 4.01. The van der Waals surface area contributed by atoms with Crippen molar-refractivity contribution in [2.45, 2.75) is 19.8 Å². The van der Waals surface area contributed by atoms with Gasteiger partial charge in [0, 0.05) is 6.07 Å². The lowest BCUT2D eigenvalue weighted by atomic mass is 10.1. The number of benzene rings is 1. The number of hydrogen-bond acceptors (Lipinski definition) is 4. The van der Waals surface area contributed by atoms with Gasteiger partial charge >= 0.3 is 0 Å². The molecule has 1 heterocycles. The second kappa shape index (κ2) is 7.23. The van der Waals surface area contributed by atoms with Crippen molar-refractivity contribution in [2.75, 3.05) is 19.5 Å². The molecule has 0 saturated carbocycles. The Morgan fingerprint density at radius 3 is 2.48 bits per heavy atom. The molecule has 1 aromatic heterocycles. The lowest BCUT2D eigenvalue weighted by Crippen LogP contribution is -2.14. The average molecular weight is 403 g/mol. The Morgan fingerprint density at radius 2 is 1.96 bits per heavy atom. The van der Waals surface area contributed by atoms with E-state index in [4.69, 9.17) is 21.1 Å². The van der Waals surface area contributed by atoms with Gasteiger partial charge in [0.25, 0.3) is 5.91 Å². The number of ether oxygens (including phenoxy) is 2. The normalized spacial score (nSPS) is 10.7. The second-order valence-corrected chi connectivity index (χ2v) is 6.30. The van der Waals surface area contributed by atoms with Gasteiger partial charge in [-0.2, -0.15) is 5.10 Å². The third kappa shape index (κ3) is 3.61. The molecule has 0 aliphatic heterocycles. The number of anilines is 1. The van der Waals surface area contributed by atoms with Gasteiger partial charge in [0.05, 0.1) is 35.1 Å². The molecule has 0 saturated heterocycles. The van der Waals surface area contributed by atoms with E-state index in [1.807, 2.05) is 13.8 Å². The van der Waals surface area contributed by atoms with Gasteiger partial charge in [-0.3, -0.25) is 9.89 Å². The summed E-state index contributed by atoms with van der Waals surface area (Å²) in [6.07, 6.45) is 0. The van der Waals surface area contributed by atoms with Crippen LogP contribution >= 0.6 is 27.5 Å². The minimum Gasteiger partial charge on any atom is -0.495 e. The van der Waals surface area contributed by atoms with Crippen molar-refractivity contribution in [3.8, 4) is 11.5 Å². The first kappa shape index (κ1) is 17.6. The zero-order valence-electron chi connectivity index (χ0n) is 13.2. The summed E-state index contributed by atoms with van der Waals surface area (Å²) in [5.74, 6) is 0.739. The van der Waals surface area contributed by atoms with Crippen LogP contribution in [0.25, 0.3) is 0 Å². The summed E-state index contributed by atoms with van der Waals surface area (Å²) < 4.78 is 11.0. The Morgan fingerprint density at radius 1 is 1.30 bits per heavy atom. The molecule has 0 bridgehead atoms. The number of amides is 1. The predicted molar refractivity (Wildman–Crippen MR) is 92.9 cm³/mol. The molecule has 1 amide bonds. The second-order valence-electron chi connectivity index (χ2n) is 5.10. The van der Waals surface area contributed by atoms with Crippen LogP contribution in [0, 0.1) is 0 Å². The molecule has 0 aliphatic rings. The molecule has 2 rings (SSSR count). The van der Waals surface area contributed by atoms with Gasteiger partial charge in [0.2, 0.25) is 0 Å². The van der Waals surface area contributed by atoms with Crippen molar-refractivity contribution in [1.82, 2.24) is 10.2 Å². The molecular formula is C15H17BrClN3O3. The highest BCUT2D eigenvalue weighted by Gasteiger charge is 2.21. The average Bonchev–Trinajstić information content (AvgIpc) is 2.89. The van der Waals surface area contributed by atoms with E-state index in [0.29, 0.717) is 26.7 Å². The number of aromatic amines is 1. The number of aromatic nitrogens is 2. The highest BCUT2D eigenvalue weighted by molar-refractivity contribution is 9.10. The topological polar surface area (TPSA) is 76.2 Å². The maximum absolute atomic E-state index is 12.5. The molecule has 0 atom stereocenters. The first-order valence-corrected chi connectivity index (χ1v) is 8.02. The van der Waals surface area contributed by atoms with Crippen LogP contribution in [0.4, 0.5) is 5.69 Å². The fourth-order valence-electron chi connectivity index (χ4n) is 2.01. The zero-order chi connectivity index (χ0) is 17.1. The predicted octanol–water partition coefficient (Wildman–Crippen LogP) is 4.22. The Kier molecular flexibility index (Phi) is 5.54. The van der Waals surface area contributed by atoms with Crippen LogP contribution in [0.5, 0.6) is 11.5 Å². The first-order valence-electron chi connectivity index (χ1n) is 6.85. The molecule has 8 heteroatoms. The van der Waals surface area contributed by atoms with E-state index in [9.17, 15) is 4.79 Å². The third-order valence-corrected chi connectivity index (χ3v) is 4.35. The summed E-state index contributed by atoms with van der Waals surface area (Å²) >= 11 is 9.51. The molecule has 1 aromatic carbocycles. The molecule has 0 fully saturated rings. The van der Waals surface area contributed by atoms with Gasteiger partial charge in [-0.15, -0.1) is 0 Å². The van der Waals surface area contributed by atoms with Crippen molar-refractivity contribution < 1.29 is 14.3 Å². The minimum atomic E-state index is -0.375. The molecule has 2 aromatic rings. The number of hydrogen-bond donors (Lipinski definition) is 2. The van der Waals surface area contributed by atoms with E-state index in [1.54, 1.807) is 12.1 Å². The van der Waals surface area contributed by atoms with E-state index in [-0.39, 0.29) is 17.5 Å². The summed E-state index contributed by atoms with van der Waals surface area (Å²) in [6, 6.07) is 3.18. The van der Waals surface area contributed by atoms with Crippen LogP contribution in [0.2, 0.25) is 5.02 Å². The van der Waals surface area contributed by atoms with Gasteiger partial charge in [0.1, 0.15) is 11.5 Å². The van der Waals surface area contributed by atoms with Crippen molar-refractivity contribution in [1.29, 1.82) is 0 Å². The highest BCUT2D eigenvalue weighted by atomic mass is 79.9. The third-order valence-electron chi connectivity index (χ3n) is 3.25. The molecule has 124 valence electrons. The van der Waals surface area contributed by atoms with Gasteiger partial charge in [-0.05, 0) is 27.9 Å². The van der Waals surface area contributed by atoms with E-state index in [2.05, 4.69) is 31.4 Å². The molecule has 0 spiro atoms. The Labute approximate surface area is 147 Å². The van der Waals surface area contributed by atoms with Crippen molar-refractivity contribution in [2.24, 2.45) is 0 Å². The van der Waals surface area contributed by atoms with Crippen LogP contribution in [-0.2, 0) is 0 Å². The van der Waals surface area contributed by atoms with Crippen LogP contribution in [0.3, 0.4) is 0 Å². The molecule has 0 unspecified atom stereocenters. The molecule has 0 aliphatic carbocycles. The number of nitrogens with one attached hydrogen (secondary N) is 2. The Bertz CT molecular complexity index is 731. The SMILES string of the molecule is COc1cc(OC)c(NC(=O)c2n[nH]c(C(C)C)c2Br)cc1Cl. The number of nitrogens with zero attached hydrogens (tertiary/aromatic N) is 1. The lowest BCUT2D eigenvalue weighted by molar-refractivity contribution is 0.102. The minimum absolute atomic E-state index is 0.211. The molecule has 2 N–H and O–H groups in total. The number of halogens is 2. The molecule has 23 heavy (non-hydrogen) atoms. The Balaban J connectivity index is 2.32. The van der Waals surface area contributed by atoms with Crippen molar-refractivity contribution in [3.05, 3.63) is 33.0 Å². The number of carbonyl (C=O) groups is 1. The largest absolute Gasteiger partial charge is 0.495 e. The maximum atomic E-state index is 12.5. The quantitative estimate of drug-likeness (QED) is 0.785. The molecule has 6 nitrogen and oxygen atoms in total. The standard InChI is InChI=1S/C15H17BrClN3O3/c1-7(2)13-12(16)14(20-19-13)15(21)18-9-5-8(17)10(22-3)6-11(9)23-4/h5-7H,1-4H3,(H,18,21)(H,19,20). The van der Waals surface area contributed by atoms with E-state index >= 15 is 0 Å². The van der Waals surface area contributed by atoms with Crippen LogP contribution in [0.1, 0.15) is 35.9 Å². The van der Waals surface area contributed by atoms with E-state index in [1.165, 1.54) is 14.2 Å². The van der Waals surface area contributed by atoms with E-state index in [0.717, 1.165) is 5.69 Å². The lowest BCUT2D eigenvalue weighted by Gasteiger charge is -2.12. The summed E-state index contributed by atoms with van der Waals surface area (Å²) in [7, 11) is 3.01. The molecule has 0 radical (unpaired) electrons. The smallest absolute Gasteiger partial charge is 0.277 e. The van der Waals surface area contributed by atoms with Crippen LogP contribution in [-0.4, -0.2) is 30.3 Å².